The van der Waals surface area contributed by atoms with Gasteiger partial charge in [-0.2, -0.15) is 0 Å². The number of rotatable bonds is 4. The summed E-state index contributed by atoms with van der Waals surface area (Å²) in [4.78, 5) is 17.0. The van der Waals surface area contributed by atoms with Crippen LogP contribution in [0.4, 0.5) is 0 Å². The van der Waals surface area contributed by atoms with Crippen LogP contribution in [-0.2, 0) is 17.8 Å². The number of hydrogen-bond donors (Lipinski definition) is 0. The van der Waals surface area contributed by atoms with Crippen LogP contribution in [0.15, 0.2) is 48.5 Å². The summed E-state index contributed by atoms with van der Waals surface area (Å²) in [6.07, 6.45) is 0.518. The molecule has 126 valence electrons. The van der Waals surface area contributed by atoms with Gasteiger partial charge >= 0.3 is 0 Å². The smallest absolute Gasteiger partial charge is 0.227 e. The van der Waals surface area contributed by atoms with E-state index in [1.165, 1.54) is 16.7 Å². The maximum Gasteiger partial charge on any atom is 0.227 e. The molecule has 1 aliphatic heterocycles. The van der Waals surface area contributed by atoms with Crippen LogP contribution in [0.1, 0.15) is 22.3 Å². The number of nitrogens with zero attached hydrogens (tertiary/aromatic N) is 2. The molecule has 0 atom stereocenters. The van der Waals surface area contributed by atoms with Gasteiger partial charge < -0.3 is 4.90 Å². The van der Waals surface area contributed by atoms with Crippen LogP contribution in [0, 0.1) is 13.8 Å². The number of carbonyl (C=O) groups excluding carboxylic acids is 1. The molecule has 1 heterocycles. The molecule has 0 aromatic heterocycles. The van der Waals surface area contributed by atoms with Gasteiger partial charge in [-0.25, -0.2) is 0 Å². The second kappa shape index (κ2) is 7.63. The molecule has 0 saturated carbocycles. The lowest BCUT2D eigenvalue weighted by atomic mass is 10.1. The maximum absolute atomic E-state index is 12.5. The Labute approximate surface area is 144 Å². The average molecular weight is 322 g/mol. The van der Waals surface area contributed by atoms with Gasteiger partial charge in [0.25, 0.3) is 0 Å². The standard InChI is InChI=1S/C21H26N2O/c1-17-7-9-19(10-8-17)16-22-11-13-23(14-12-22)21(24)15-20-6-4-3-5-18(20)2/h3-10H,11-16H2,1-2H3. The fourth-order valence-electron chi connectivity index (χ4n) is 3.19. The Morgan fingerprint density at radius 1 is 0.917 bits per heavy atom. The largest absolute Gasteiger partial charge is 0.340 e. The van der Waals surface area contributed by atoms with Gasteiger partial charge in [0.05, 0.1) is 6.42 Å². The van der Waals surface area contributed by atoms with Crippen molar-refractivity contribution in [1.29, 1.82) is 0 Å². The lowest BCUT2D eigenvalue weighted by Crippen LogP contribution is -2.48. The molecular formula is C21H26N2O. The van der Waals surface area contributed by atoms with Crippen molar-refractivity contribution in [3.8, 4) is 0 Å². The summed E-state index contributed by atoms with van der Waals surface area (Å²) in [5.74, 6) is 0.249. The third-order valence-electron chi connectivity index (χ3n) is 4.85. The highest BCUT2D eigenvalue weighted by atomic mass is 16.2. The van der Waals surface area contributed by atoms with Crippen LogP contribution in [0.2, 0.25) is 0 Å². The van der Waals surface area contributed by atoms with E-state index in [1.807, 2.05) is 17.0 Å². The minimum Gasteiger partial charge on any atom is -0.340 e. The van der Waals surface area contributed by atoms with Gasteiger partial charge in [0.1, 0.15) is 0 Å². The zero-order chi connectivity index (χ0) is 16.9. The number of benzene rings is 2. The summed E-state index contributed by atoms with van der Waals surface area (Å²) in [7, 11) is 0. The molecule has 1 fully saturated rings. The van der Waals surface area contributed by atoms with Gasteiger partial charge in [0, 0.05) is 32.7 Å². The number of amides is 1. The second-order valence-electron chi connectivity index (χ2n) is 6.75. The third-order valence-corrected chi connectivity index (χ3v) is 4.85. The van der Waals surface area contributed by atoms with Crippen molar-refractivity contribution in [1.82, 2.24) is 9.80 Å². The molecule has 0 radical (unpaired) electrons. The molecule has 24 heavy (non-hydrogen) atoms. The molecule has 3 nitrogen and oxygen atoms in total. The zero-order valence-electron chi connectivity index (χ0n) is 14.7. The second-order valence-corrected chi connectivity index (χ2v) is 6.75. The van der Waals surface area contributed by atoms with E-state index in [0.29, 0.717) is 6.42 Å². The zero-order valence-corrected chi connectivity index (χ0v) is 14.7. The maximum atomic E-state index is 12.5. The van der Waals surface area contributed by atoms with Gasteiger partial charge in [-0.15, -0.1) is 0 Å². The first kappa shape index (κ1) is 16.7. The van der Waals surface area contributed by atoms with Crippen molar-refractivity contribution >= 4 is 5.91 Å². The van der Waals surface area contributed by atoms with E-state index in [1.54, 1.807) is 0 Å². The first-order valence-corrected chi connectivity index (χ1v) is 8.72. The monoisotopic (exact) mass is 322 g/mol. The number of piperazine rings is 1. The van der Waals surface area contributed by atoms with Crippen LogP contribution >= 0.6 is 0 Å². The van der Waals surface area contributed by atoms with E-state index < -0.39 is 0 Å². The SMILES string of the molecule is Cc1ccc(CN2CCN(C(=O)Cc3ccccc3C)CC2)cc1. The lowest BCUT2D eigenvalue weighted by Gasteiger charge is -2.35. The van der Waals surface area contributed by atoms with E-state index in [0.717, 1.165) is 38.3 Å². The number of aryl methyl sites for hydroxylation is 2. The Morgan fingerprint density at radius 3 is 2.25 bits per heavy atom. The van der Waals surface area contributed by atoms with E-state index in [4.69, 9.17) is 0 Å². The van der Waals surface area contributed by atoms with Crippen molar-refractivity contribution in [3.63, 3.8) is 0 Å². The molecule has 3 heteroatoms. The molecule has 0 unspecified atom stereocenters. The molecule has 0 N–H and O–H groups in total. The minimum absolute atomic E-state index is 0.249. The van der Waals surface area contributed by atoms with E-state index in [-0.39, 0.29) is 5.91 Å². The van der Waals surface area contributed by atoms with Gasteiger partial charge in [0.2, 0.25) is 5.91 Å². The summed E-state index contributed by atoms with van der Waals surface area (Å²) < 4.78 is 0. The van der Waals surface area contributed by atoms with Gasteiger partial charge in [0.15, 0.2) is 0 Å². The van der Waals surface area contributed by atoms with Crippen molar-refractivity contribution in [2.24, 2.45) is 0 Å². The fraction of sp³-hybridized carbons (Fsp3) is 0.381. The molecule has 3 rings (SSSR count). The Hall–Kier alpha value is -2.13. The molecule has 1 saturated heterocycles. The van der Waals surface area contributed by atoms with E-state index >= 15 is 0 Å². The van der Waals surface area contributed by atoms with Gasteiger partial charge in [-0.3, -0.25) is 9.69 Å². The predicted octanol–water partition coefficient (Wildman–Crippen LogP) is 3.19. The van der Waals surface area contributed by atoms with Crippen LogP contribution in [0.3, 0.4) is 0 Å². The Balaban J connectivity index is 1.50. The first-order chi connectivity index (χ1) is 11.6. The Kier molecular flexibility index (Phi) is 5.31. The van der Waals surface area contributed by atoms with Crippen molar-refractivity contribution in [2.45, 2.75) is 26.8 Å². The lowest BCUT2D eigenvalue weighted by molar-refractivity contribution is -0.132. The van der Waals surface area contributed by atoms with Crippen LogP contribution in [-0.4, -0.2) is 41.9 Å². The Bertz CT molecular complexity index is 685. The highest BCUT2D eigenvalue weighted by molar-refractivity contribution is 5.79. The van der Waals surface area contributed by atoms with Crippen LogP contribution in [0.5, 0.6) is 0 Å². The van der Waals surface area contributed by atoms with E-state index in [2.05, 4.69) is 55.1 Å². The third kappa shape index (κ3) is 4.24. The highest BCUT2D eigenvalue weighted by Crippen LogP contribution is 2.13. The number of carbonyl (C=O) groups is 1. The fourth-order valence-corrected chi connectivity index (χ4v) is 3.19. The first-order valence-electron chi connectivity index (χ1n) is 8.72. The summed E-state index contributed by atoms with van der Waals surface area (Å²) in [5, 5.41) is 0. The van der Waals surface area contributed by atoms with Crippen molar-refractivity contribution in [2.75, 3.05) is 26.2 Å². The average Bonchev–Trinajstić information content (AvgIpc) is 2.59. The summed E-state index contributed by atoms with van der Waals surface area (Å²) in [6.45, 7) is 8.72. The molecule has 0 aliphatic carbocycles. The van der Waals surface area contributed by atoms with Crippen LogP contribution in [0.25, 0.3) is 0 Å². The topological polar surface area (TPSA) is 23.6 Å². The molecule has 0 spiro atoms. The molecular weight excluding hydrogens is 296 g/mol. The normalized spacial score (nSPS) is 15.5. The van der Waals surface area contributed by atoms with Gasteiger partial charge in [-0.05, 0) is 30.5 Å². The summed E-state index contributed by atoms with van der Waals surface area (Å²) >= 11 is 0. The predicted molar refractivity (Wildman–Crippen MR) is 97.9 cm³/mol. The highest BCUT2D eigenvalue weighted by Gasteiger charge is 2.21. The summed E-state index contributed by atoms with van der Waals surface area (Å²) in [5.41, 5.74) is 4.99. The molecule has 1 aliphatic rings. The van der Waals surface area contributed by atoms with E-state index in [9.17, 15) is 4.79 Å². The van der Waals surface area contributed by atoms with Crippen LogP contribution < -0.4 is 0 Å². The summed E-state index contributed by atoms with van der Waals surface area (Å²) in [6, 6.07) is 16.9. The molecule has 2 aromatic carbocycles. The van der Waals surface area contributed by atoms with Gasteiger partial charge in [-0.1, -0.05) is 54.1 Å². The Morgan fingerprint density at radius 2 is 1.58 bits per heavy atom. The molecule has 0 bridgehead atoms. The minimum atomic E-state index is 0.249. The van der Waals surface area contributed by atoms with Crippen molar-refractivity contribution in [3.05, 3.63) is 70.8 Å². The quantitative estimate of drug-likeness (QED) is 0.863. The number of hydrogen-bond acceptors (Lipinski definition) is 2. The molecule has 1 amide bonds. The van der Waals surface area contributed by atoms with Crippen molar-refractivity contribution < 1.29 is 4.79 Å². The molecule has 2 aromatic rings.